The van der Waals surface area contributed by atoms with Crippen LogP contribution >= 0.6 is 0 Å². The van der Waals surface area contributed by atoms with E-state index >= 15 is 0 Å². The molecule has 1 aliphatic rings. The van der Waals surface area contributed by atoms with Gasteiger partial charge in [0, 0.05) is 19.0 Å². The Kier molecular flexibility index (Phi) is 5.42. The van der Waals surface area contributed by atoms with E-state index in [1.54, 1.807) is 17.0 Å². The number of aliphatic hydroxyl groups excluding tert-OH is 1. The van der Waals surface area contributed by atoms with Crippen LogP contribution in [0.15, 0.2) is 47.3 Å². The molecule has 0 radical (unpaired) electrons. The summed E-state index contributed by atoms with van der Waals surface area (Å²) in [5, 5.41) is 10.4. The molecule has 2 atom stereocenters. The van der Waals surface area contributed by atoms with Crippen molar-refractivity contribution < 1.29 is 14.6 Å². The first-order valence-electron chi connectivity index (χ1n) is 8.87. The summed E-state index contributed by atoms with van der Waals surface area (Å²) in [4.78, 5) is 27.9. The molecule has 1 aromatic heterocycles. The van der Waals surface area contributed by atoms with E-state index in [-0.39, 0.29) is 29.8 Å². The number of pyridine rings is 1. The molecule has 2 N–H and O–H groups in total. The van der Waals surface area contributed by atoms with Crippen molar-refractivity contribution in [2.24, 2.45) is 0 Å². The van der Waals surface area contributed by atoms with E-state index in [0.29, 0.717) is 18.9 Å². The summed E-state index contributed by atoms with van der Waals surface area (Å²) >= 11 is 0. The van der Waals surface area contributed by atoms with E-state index in [9.17, 15) is 14.7 Å². The van der Waals surface area contributed by atoms with Crippen LogP contribution in [0.25, 0.3) is 0 Å². The second kappa shape index (κ2) is 7.74. The van der Waals surface area contributed by atoms with Gasteiger partial charge >= 0.3 is 0 Å². The van der Waals surface area contributed by atoms with Crippen LogP contribution in [0, 0.1) is 0 Å². The molecule has 0 aliphatic carbocycles. The van der Waals surface area contributed by atoms with Gasteiger partial charge in [0.25, 0.3) is 5.91 Å². The van der Waals surface area contributed by atoms with Gasteiger partial charge in [0.2, 0.25) is 5.56 Å². The summed E-state index contributed by atoms with van der Waals surface area (Å²) in [7, 11) is 0. The normalized spacial score (nSPS) is 20.2. The van der Waals surface area contributed by atoms with Crippen LogP contribution in [0.2, 0.25) is 0 Å². The molecule has 1 aliphatic heterocycles. The molecule has 0 unspecified atom stereocenters. The van der Waals surface area contributed by atoms with Crippen LogP contribution in [-0.4, -0.2) is 46.2 Å². The van der Waals surface area contributed by atoms with E-state index in [1.165, 1.54) is 11.6 Å². The van der Waals surface area contributed by atoms with Crippen LogP contribution < -0.4 is 10.3 Å². The predicted molar refractivity (Wildman–Crippen MR) is 98.5 cm³/mol. The average Bonchev–Trinajstić information content (AvgIpc) is 2.63. The minimum Gasteiger partial charge on any atom is -0.488 e. The fraction of sp³-hybridized carbons (Fsp3) is 0.400. The third-order valence-corrected chi connectivity index (χ3v) is 4.62. The van der Waals surface area contributed by atoms with Crippen molar-refractivity contribution in [2.75, 3.05) is 13.1 Å². The number of hydrogen-bond acceptors (Lipinski definition) is 4. The molecule has 1 aromatic carbocycles. The number of carbonyl (C=O) groups excluding carboxylic acids is 1. The summed E-state index contributed by atoms with van der Waals surface area (Å²) < 4.78 is 5.97. The van der Waals surface area contributed by atoms with E-state index in [1.807, 2.05) is 18.2 Å². The van der Waals surface area contributed by atoms with Crippen LogP contribution in [-0.2, 0) is 0 Å². The summed E-state index contributed by atoms with van der Waals surface area (Å²) in [5.41, 5.74) is 1.09. The maximum atomic E-state index is 12.5. The summed E-state index contributed by atoms with van der Waals surface area (Å²) in [6.07, 6.45) is -0.627. The standard InChI is InChI=1S/C20H24N2O4/c1-13(2)14-5-3-6-15(11-14)26-18-9-10-22(12-17(18)23)20(25)16-7-4-8-19(24)21-16/h3-8,11,13,17-18,23H,9-10,12H2,1-2H3,(H,21,24)/t17-,18-/m1/s1. The smallest absolute Gasteiger partial charge is 0.270 e. The van der Waals surface area contributed by atoms with E-state index in [2.05, 4.69) is 24.9 Å². The maximum Gasteiger partial charge on any atom is 0.270 e. The third-order valence-electron chi connectivity index (χ3n) is 4.62. The lowest BCUT2D eigenvalue weighted by atomic mass is 10.0. The van der Waals surface area contributed by atoms with Gasteiger partial charge in [-0.2, -0.15) is 0 Å². The first kappa shape index (κ1) is 18.2. The number of amides is 1. The number of aromatic amines is 1. The highest BCUT2D eigenvalue weighted by atomic mass is 16.5. The van der Waals surface area contributed by atoms with Gasteiger partial charge in [-0.05, 0) is 29.7 Å². The van der Waals surface area contributed by atoms with Crippen molar-refractivity contribution in [3.8, 4) is 5.75 Å². The van der Waals surface area contributed by atoms with E-state index < -0.39 is 6.10 Å². The second-order valence-electron chi connectivity index (χ2n) is 6.92. The van der Waals surface area contributed by atoms with Crippen molar-refractivity contribution in [2.45, 2.75) is 38.4 Å². The molecule has 1 amide bonds. The number of aliphatic hydroxyl groups is 1. The van der Waals surface area contributed by atoms with Gasteiger partial charge in [-0.25, -0.2) is 0 Å². The number of H-pyrrole nitrogens is 1. The summed E-state index contributed by atoms with van der Waals surface area (Å²) in [6.45, 7) is 4.86. The van der Waals surface area contributed by atoms with Crippen LogP contribution in [0.4, 0.5) is 0 Å². The molecular weight excluding hydrogens is 332 g/mol. The first-order chi connectivity index (χ1) is 12.4. The van der Waals surface area contributed by atoms with Gasteiger partial charge in [-0.3, -0.25) is 9.59 Å². The number of benzene rings is 1. The van der Waals surface area contributed by atoms with Crippen molar-refractivity contribution in [3.63, 3.8) is 0 Å². The Morgan fingerprint density at radius 1 is 1.27 bits per heavy atom. The van der Waals surface area contributed by atoms with E-state index in [0.717, 1.165) is 5.75 Å². The lowest BCUT2D eigenvalue weighted by molar-refractivity contribution is -0.0200. The van der Waals surface area contributed by atoms with Gasteiger partial charge in [0.05, 0.1) is 6.54 Å². The van der Waals surface area contributed by atoms with Crippen molar-refractivity contribution in [1.82, 2.24) is 9.88 Å². The number of rotatable bonds is 4. The number of aromatic nitrogens is 1. The molecule has 1 saturated heterocycles. The highest BCUT2D eigenvalue weighted by Gasteiger charge is 2.32. The number of ether oxygens (including phenoxy) is 1. The molecule has 2 aromatic rings. The molecule has 1 fully saturated rings. The van der Waals surface area contributed by atoms with Gasteiger partial charge in [0.1, 0.15) is 23.7 Å². The number of β-amino-alcohol motifs (C(OH)–C–C–N with tert-alkyl or cyclic N) is 1. The number of nitrogens with one attached hydrogen (secondary N) is 1. The largest absolute Gasteiger partial charge is 0.488 e. The number of likely N-dealkylation sites (tertiary alicyclic amines) is 1. The fourth-order valence-electron chi connectivity index (χ4n) is 3.10. The minimum absolute atomic E-state index is 0.171. The molecule has 0 saturated carbocycles. The lowest BCUT2D eigenvalue weighted by Gasteiger charge is -2.36. The number of nitrogens with zero attached hydrogens (tertiary/aromatic N) is 1. The predicted octanol–water partition coefficient (Wildman–Crippen LogP) is 2.15. The molecule has 0 bridgehead atoms. The Bertz CT molecular complexity index is 830. The quantitative estimate of drug-likeness (QED) is 0.879. The Morgan fingerprint density at radius 2 is 2.04 bits per heavy atom. The molecule has 3 rings (SSSR count). The highest BCUT2D eigenvalue weighted by Crippen LogP contribution is 2.24. The molecule has 6 heteroatoms. The lowest BCUT2D eigenvalue weighted by Crippen LogP contribution is -2.51. The molecule has 2 heterocycles. The molecule has 138 valence electrons. The van der Waals surface area contributed by atoms with Crippen molar-refractivity contribution in [1.29, 1.82) is 0 Å². The Balaban J connectivity index is 1.64. The average molecular weight is 356 g/mol. The zero-order valence-electron chi connectivity index (χ0n) is 15.0. The number of hydrogen-bond donors (Lipinski definition) is 2. The number of piperidine rings is 1. The molecule has 6 nitrogen and oxygen atoms in total. The summed E-state index contributed by atoms with van der Waals surface area (Å²) in [5.74, 6) is 0.838. The highest BCUT2D eigenvalue weighted by molar-refractivity contribution is 5.92. The summed E-state index contributed by atoms with van der Waals surface area (Å²) in [6, 6.07) is 12.3. The van der Waals surface area contributed by atoms with Crippen LogP contribution in [0.3, 0.4) is 0 Å². The van der Waals surface area contributed by atoms with Gasteiger partial charge in [-0.15, -0.1) is 0 Å². The molecule has 0 spiro atoms. The Hall–Kier alpha value is -2.60. The monoisotopic (exact) mass is 356 g/mol. The van der Waals surface area contributed by atoms with Crippen LogP contribution in [0.1, 0.15) is 42.2 Å². The molecular formula is C20H24N2O4. The van der Waals surface area contributed by atoms with E-state index in [4.69, 9.17) is 4.74 Å². The second-order valence-corrected chi connectivity index (χ2v) is 6.92. The SMILES string of the molecule is CC(C)c1cccc(O[C@@H]2CCN(C(=O)c3cccc(=O)[nH]3)C[C@H]2O)c1. The minimum atomic E-state index is -0.786. The van der Waals surface area contributed by atoms with Gasteiger partial charge < -0.3 is 19.7 Å². The first-order valence-corrected chi connectivity index (χ1v) is 8.87. The van der Waals surface area contributed by atoms with Gasteiger partial charge in [-0.1, -0.05) is 32.0 Å². The zero-order chi connectivity index (χ0) is 18.7. The third kappa shape index (κ3) is 4.14. The number of carbonyl (C=O) groups is 1. The topological polar surface area (TPSA) is 82.6 Å². The van der Waals surface area contributed by atoms with Crippen molar-refractivity contribution >= 4 is 5.91 Å². The molecule has 26 heavy (non-hydrogen) atoms. The Morgan fingerprint density at radius 3 is 2.73 bits per heavy atom. The maximum absolute atomic E-state index is 12.5. The Labute approximate surface area is 152 Å². The zero-order valence-corrected chi connectivity index (χ0v) is 15.0. The van der Waals surface area contributed by atoms with Gasteiger partial charge in [0.15, 0.2) is 0 Å². The fourth-order valence-corrected chi connectivity index (χ4v) is 3.10. The van der Waals surface area contributed by atoms with Crippen molar-refractivity contribution in [3.05, 3.63) is 64.1 Å². The van der Waals surface area contributed by atoms with Crippen LogP contribution in [0.5, 0.6) is 5.75 Å².